The molecule has 0 saturated heterocycles. The number of nitrogens with one attached hydrogen (secondary N) is 1. The molecule has 154 valence electrons. The van der Waals surface area contributed by atoms with Gasteiger partial charge >= 0.3 is 0 Å². The molecule has 1 N–H and O–H groups in total. The minimum absolute atomic E-state index is 0.655. The van der Waals surface area contributed by atoms with Crippen LogP contribution in [0.3, 0.4) is 0 Å². The van der Waals surface area contributed by atoms with Crippen LogP contribution >= 0.6 is 0 Å². The van der Waals surface area contributed by atoms with E-state index in [1.54, 1.807) is 0 Å². The molecule has 2 aromatic carbocycles. The number of nitrogens with zero attached hydrogens (tertiary/aromatic N) is 6. The number of fused-ring (bicyclic) bond motifs is 1. The van der Waals surface area contributed by atoms with Crippen LogP contribution in [0.15, 0.2) is 85.2 Å². The fourth-order valence-electron chi connectivity index (χ4n) is 3.67. The number of benzene rings is 2. The van der Waals surface area contributed by atoms with Crippen molar-refractivity contribution < 1.29 is 0 Å². The molecule has 0 unspecified atom stereocenters. The first kappa shape index (κ1) is 19.1. The first-order valence-corrected chi connectivity index (χ1v) is 10.3. The van der Waals surface area contributed by atoms with Gasteiger partial charge in [0.2, 0.25) is 0 Å². The van der Waals surface area contributed by atoms with E-state index in [1.807, 2.05) is 77.7 Å². The van der Waals surface area contributed by atoms with E-state index in [4.69, 9.17) is 4.98 Å². The van der Waals surface area contributed by atoms with E-state index in [0.29, 0.717) is 26.2 Å². The van der Waals surface area contributed by atoms with E-state index in [1.165, 1.54) is 5.56 Å². The standard InChI is InChI=1S/C24H23N7/c1-2-8-19(9-3-1)14-31-17-21(28-29-31)16-30(15-20-10-6-7-13-25-20)18-24-26-22-11-4-5-12-23(22)27-24/h1-13,17H,14-16,18H2,(H,26,27). The van der Waals surface area contributed by atoms with Gasteiger partial charge in [0, 0.05) is 19.3 Å². The van der Waals surface area contributed by atoms with Gasteiger partial charge in [-0.2, -0.15) is 0 Å². The molecule has 0 amide bonds. The van der Waals surface area contributed by atoms with Crippen LogP contribution in [0, 0.1) is 0 Å². The van der Waals surface area contributed by atoms with E-state index in [2.05, 4.69) is 37.3 Å². The normalized spacial score (nSPS) is 11.4. The molecule has 7 heteroatoms. The molecule has 0 spiro atoms. The predicted octanol–water partition coefficient (Wildman–Crippen LogP) is 3.80. The summed E-state index contributed by atoms with van der Waals surface area (Å²) in [6.45, 7) is 2.72. The lowest BCUT2D eigenvalue weighted by Gasteiger charge is -2.19. The molecule has 0 bridgehead atoms. The molecular weight excluding hydrogens is 386 g/mol. The minimum atomic E-state index is 0.655. The number of hydrogen-bond acceptors (Lipinski definition) is 5. The highest BCUT2D eigenvalue weighted by Crippen LogP contribution is 2.15. The van der Waals surface area contributed by atoms with Gasteiger partial charge in [0.15, 0.2) is 0 Å². The number of imidazole rings is 1. The Morgan fingerprint density at radius 3 is 2.45 bits per heavy atom. The van der Waals surface area contributed by atoms with Gasteiger partial charge in [-0.1, -0.05) is 53.7 Å². The third kappa shape index (κ3) is 4.84. The molecule has 0 aliphatic rings. The van der Waals surface area contributed by atoms with Gasteiger partial charge in [-0.05, 0) is 29.8 Å². The molecule has 0 aliphatic heterocycles. The Morgan fingerprint density at radius 1 is 0.806 bits per heavy atom. The summed E-state index contributed by atoms with van der Waals surface area (Å²) >= 11 is 0. The molecule has 3 aromatic heterocycles. The summed E-state index contributed by atoms with van der Waals surface area (Å²) in [6.07, 6.45) is 3.84. The number of rotatable bonds is 8. The molecular formula is C24H23N7. The van der Waals surface area contributed by atoms with Crippen molar-refractivity contribution in [2.75, 3.05) is 0 Å². The van der Waals surface area contributed by atoms with Gasteiger partial charge in [-0.15, -0.1) is 5.10 Å². The van der Waals surface area contributed by atoms with Crippen molar-refractivity contribution in [3.05, 3.63) is 108 Å². The first-order valence-electron chi connectivity index (χ1n) is 10.3. The Bertz CT molecular complexity index is 1210. The maximum atomic E-state index is 4.74. The molecule has 0 radical (unpaired) electrons. The van der Waals surface area contributed by atoms with Crippen molar-refractivity contribution in [2.24, 2.45) is 0 Å². The summed E-state index contributed by atoms with van der Waals surface area (Å²) in [7, 11) is 0. The van der Waals surface area contributed by atoms with Crippen molar-refractivity contribution in [3.63, 3.8) is 0 Å². The van der Waals surface area contributed by atoms with Crippen LogP contribution in [-0.2, 0) is 26.2 Å². The van der Waals surface area contributed by atoms with Crippen LogP contribution in [0.4, 0.5) is 0 Å². The fraction of sp³-hybridized carbons (Fsp3) is 0.167. The maximum absolute atomic E-state index is 4.74. The molecule has 0 fully saturated rings. The Balaban J connectivity index is 1.34. The summed E-state index contributed by atoms with van der Waals surface area (Å²) in [6, 6.07) is 24.3. The Labute approximate surface area is 180 Å². The van der Waals surface area contributed by atoms with Crippen molar-refractivity contribution in [2.45, 2.75) is 26.2 Å². The average molecular weight is 409 g/mol. The summed E-state index contributed by atoms with van der Waals surface area (Å²) in [5.74, 6) is 0.925. The van der Waals surface area contributed by atoms with Crippen LogP contribution < -0.4 is 0 Å². The number of pyridine rings is 1. The lowest BCUT2D eigenvalue weighted by atomic mass is 10.2. The summed E-state index contributed by atoms with van der Waals surface area (Å²) in [5, 5.41) is 8.71. The monoisotopic (exact) mass is 409 g/mol. The summed E-state index contributed by atoms with van der Waals surface area (Å²) in [5.41, 5.74) is 5.15. The van der Waals surface area contributed by atoms with Gasteiger partial charge in [-0.3, -0.25) is 9.88 Å². The number of hydrogen-bond donors (Lipinski definition) is 1. The molecule has 0 atom stereocenters. The van der Waals surface area contributed by atoms with Gasteiger partial charge in [0.25, 0.3) is 0 Å². The predicted molar refractivity (Wildman–Crippen MR) is 119 cm³/mol. The van der Waals surface area contributed by atoms with E-state index >= 15 is 0 Å². The third-order valence-corrected chi connectivity index (χ3v) is 5.08. The average Bonchev–Trinajstić information content (AvgIpc) is 3.41. The fourth-order valence-corrected chi connectivity index (χ4v) is 3.67. The lowest BCUT2D eigenvalue weighted by Crippen LogP contribution is -2.23. The second-order valence-corrected chi connectivity index (χ2v) is 7.56. The third-order valence-electron chi connectivity index (χ3n) is 5.08. The first-order chi connectivity index (χ1) is 15.3. The topological polar surface area (TPSA) is 75.5 Å². The smallest absolute Gasteiger partial charge is 0.121 e. The van der Waals surface area contributed by atoms with Crippen LogP contribution in [0.5, 0.6) is 0 Å². The van der Waals surface area contributed by atoms with Gasteiger partial charge in [0.05, 0.1) is 41.7 Å². The van der Waals surface area contributed by atoms with Gasteiger partial charge in [-0.25, -0.2) is 9.67 Å². The Morgan fingerprint density at radius 2 is 1.61 bits per heavy atom. The second kappa shape index (κ2) is 8.89. The molecule has 5 rings (SSSR count). The zero-order chi connectivity index (χ0) is 20.9. The van der Waals surface area contributed by atoms with Crippen LogP contribution in [0.1, 0.15) is 22.8 Å². The van der Waals surface area contributed by atoms with Crippen LogP contribution in [-0.4, -0.2) is 34.8 Å². The second-order valence-electron chi connectivity index (χ2n) is 7.56. The molecule has 3 heterocycles. The minimum Gasteiger partial charge on any atom is -0.341 e. The van der Waals surface area contributed by atoms with E-state index in [0.717, 1.165) is 28.2 Å². The van der Waals surface area contributed by atoms with Crippen LogP contribution in [0.25, 0.3) is 11.0 Å². The summed E-state index contributed by atoms with van der Waals surface area (Å²) < 4.78 is 1.88. The number of aromatic nitrogens is 6. The van der Waals surface area contributed by atoms with Crippen molar-refractivity contribution in [1.29, 1.82) is 0 Å². The highest BCUT2D eigenvalue weighted by Gasteiger charge is 2.14. The zero-order valence-electron chi connectivity index (χ0n) is 17.1. The van der Waals surface area contributed by atoms with E-state index in [9.17, 15) is 0 Å². The van der Waals surface area contributed by atoms with Crippen LogP contribution in [0.2, 0.25) is 0 Å². The maximum Gasteiger partial charge on any atom is 0.121 e. The number of H-pyrrole nitrogens is 1. The summed E-state index contributed by atoms with van der Waals surface area (Å²) in [4.78, 5) is 14.9. The molecule has 7 nitrogen and oxygen atoms in total. The molecule has 0 aliphatic carbocycles. The number of para-hydroxylation sites is 2. The zero-order valence-corrected chi connectivity index (χ0v) is 17.1. The SMILES string of the molecule is c1ccc(Cn2cc(CN(Cc3ccccn3)Cc3nc4ccccc4[nH]3)nn2)cc1. The van der Waals surface area contributed by atoms with E-state index in [-0.39, 0.29) is 0 Å². The van der Waals surface area contributed by atoms with E-state index < -0.39 is 0 Å². The number of aromatic amines is 1. The van der Waals surface area contributed by atoms with Crippen molar-refractivity contribution in [3.8, 4) is 0 Å². The molecule has 31 heavy (non-hydrogen) atoms. The highest BCUT2D eigenvalue weighted by atomic mass is 15.4. The Hall–Kier alpha value is -3.84. The molecule has 5 aromatic rings. The van der Waals surface area contributed by atoms with Gasteiger partial charge < -0.3 is 4.98 Å². The molecule has 0 saturated carbocycles. The van der Waals surface area contributed by atoms with Crippen molar-refractivity contribution >= 4 is 11.0 Å². The largest absolute Gasteiger partial charge is 0.341 e. The Kier molecular flexibility index (Phi) is 5.49. The van der Waals surface area contributed by atoms with Gasteiger partial charge in [0.1, 0.15) is 5.82 Å². The van der Waals surface area contributed by atoms with Crippen molar-refractivity contribution in [1.82, 2.24) is 34.8 Å². The lowest BCUT2D eigenvalue weighted by molar-refractivity contribution is 0.236. The highest BCUT2D eigenvalue weighted by molar-refractivity contribution is 5.74. The quantitative estimate of drug-likeness (QED) is 0.422.